The Morgan fingerprint density at radius 3 is 2.04 bits per heavy atom. The average molecular weight is 373 g/mol. The molecule has 4 nitrogen and oxygen atoms in total. The maximum atomic E-state index is 12.0. The van der Waals surface area contributed by atoms with Crippen LogP contribution >= 0.6 is 0 Å². The van der Waals surface area contributed by atoms with E-state index in [1.54, 1.807) is 12.1 Å². The van der Waals surface area contributed by atoms with Gasteiger partial charge in [-0.05, 0) is 49.8 Å². The van der Waals surface area contributed by atoms with Gasteiger partial charge in [0, 0.05) is 12.8 Å². The fourth-order valence-corrected chi connectivity index (χ4v) is 3.12. The number of hydrogen-bond donors (Lipinski definition) is 0. The van der Waals surface area contributed by atoms with Gasteiger partial charge in [-0.25, -0.2) is 4.79 Å². The molecule has 0 heterocycles. The Balaban J connectivity index is 2.60. The molecule has 0 amide bonds. The molecule has 27 heavy (non-hydrogen) atoms. The van der Waals surface area contributed by atoms with Crippen LogP contribution in [-0.4, -0.2) is 24.6 Å². The van der Waals surface area contributed by atoms with Gasteiger partial charge in [-0.1, -0.05) is 44.6 Å². The molecular formula is C23H32O4. The topological polar surface area (TPSA) is 60.4 Å². The molecule has 0 unspecified atom stereocenters. The second-order valence-corrected chi connectivity index (χ2v) is 6.67. The summed E-state index contributed by atoms with van der Waals surface area (Å²) >= 11 is 0. The number of rotatable bonds is 12. The van der Waals surface area contributed by atoms with Gasteiger partial charge in [0.25, 0.3) is 0 Å². The lowest BCUT2D eigenvalue weighted by atomic mass is 9.88. The highest BCUT2D eigenvalue weighted by Crippen LogP contribution is 2.20. The van der Waals surface area contributed by atoms with Gasteiger partial charge in [-0.2, -0.15) is 0 Å². The third-order valence-corrected chi connectivity index (χ3v) is 4.92. The van der Waals surface area contributed by atoms with E-state index >= 15 is 0 Å². The highest BCUT2D eigenvalue weighted by atomic mass is 16.5. The van der Waals surface area contributed by atoms with Crippen molar-refractivity contribution in [1.82, 2.24) is 0 Å². The van der Waals surface area contributed by atoms with Crippen molar-refractivity contribution in [3.8, 4) is 0 Å². The van der Waals surface area contributed by atoms with Crippen molar-refractivity contribution in [2.24, 2.45) is 5.92 Å². The Kier molecular flexibility index (Phi) is 10.3. The van der Waals surface area contributed by atoms with E-state index in [2.05, 4.69) is 13.0 Å². The molecular weight excluding hydrogens is 340 g/mol. The van der Waals surface area contributed by atoms with Crippen LogP contribution < -0.4 is 0 Å². The first-order valence-corrected chi connectivity index (χ1v) is 9.87. The molecule has 0 bridgehead atoms. The smallest absolute Gasteiger partial charge is 0.337 e. The SMILES string of the molecule is CCC(=O)C(CCC(=CCCc1ccc(C(=O)OC)cc1)CC)C(=O)CC. The molecule has 0 spiro atoms. The first-order chi connectivity index (χ1) is 13.0. The van der Waals surface area contributed by atoms with E-state index in [1.165, 1.54) is 12.7 Å². The number of ether oxygens (including phenoxy) is 1. The zero-order valence-corrected chi connectivity index (χ0v) is 17.0. The Labute approximate surface area is 163 Å². The molecule has 0 N–H and O–H groups in total. The van der Waals surface area contributed by atoms with Gasteiger partial charge in [0.2, 0.25) is 0 Å². The molecule has 148 valence electrons. The normalized spacial score (nSPS) is 11.5. The van der Waals surface area contributed by atoms with E-state index in [4.69, 9.17) is 4.74 Å². The van der Waals surface area contributed by atoms with Crippen LogP contribution in [0.5, 0.6) is 0 Å². The molecule has 0 radical (unpaired) electrons. The summed E-state index contributed by atoms with van der Waals surface area (Å²) in [4.78, 5) is 35.5. The molecule has 0 aromatic heterocycles. The summed E-state index contributed by atoms with van der Waals surface area (Å²) in [5, 5.41) is 0. The van der Waals surface area contributed by atoms with Crippen LogP contribution in [0.2, 0.25) is 0 Å². The molecule has 4 heteroatoms. The van der Waals surface area contributed by atoms with Crippen molar-refractivity contribution < 1.29 is 19.1 Å². The number of benzene rings is 1. The predicted molar refractivity (Wildman–Crippen MR) is 108 cm³/mol. The number of methoxy groups -OCH3 is 1. The number of Topliss-reactive ketones (excluding diaryl/α,β-unsaturated/α-hetero) is 2. The zero-order chi connectivity index (χ0) is 20.2. The van der Waals surface area contributed by atoms with Crippen LogP contribution in [0.3, 0.4) is 0 Å². The highest BCUT2D eigenvalue weighted by Gasteiger charge is 2.23. The maximum Gasteiger partial charge on any atom is 0.337 e. The van der Waals surface area contributed by atoms with Crippen molar-refractivity contribution in [1.29, 1.82) is 0 Å². The molecule has 1 aromatic carbocycles. The molecule has 0 aliphatic rings. The third-order valence-electron chi connectivity index (χ3n) is 4.92. The van der Waals surface area contributed by atoms with Crippen LogP contribution in [0.4, 0.5) is 0 Å². The fourth-order valence-electron chi connectivity index (χ4n) is 3.12. The summed E-state index contributed by atoms with van der Waals surface area (Å²) in [7, 11) is 1.38. The summed E-state index contributed by atoms with van der Waals surface area (Å²) in [6.07, 6.45) is 7.18. The first-order valence-electron chi connectivity index (χ1n) is 9.87. The van der Waals surface area contributed by atoms with Crippen LogP contribution in [0, 0.1) is 5.92 Å². The molecule has 0 aliphatic heterocycles. The van der Waals surface area contributed by atoms with Crippen LogP contribution in [-0.2, 0) is 20.7 Å². The standard InChI is InChI=1S/C23H32O4/c1-5-17(13-16-20(21(24)6-2)22(25)7-3)9-8-10-18-11-14-19(15-12-18)23(26)27-4/h9,11-12,14-15,20H,5-8,10,13,16H2,1-4H3. The van der Waals surface area contributed by atoms with E-state index in [-0.39, 0.29) is 17.5 Å². The summed E-state index contributed by atoms with van der Waals surface area (Å²) < 4.78 is 4.70. The number of ketones is 2. The molecule has 1 aromatic rings. The third kappa shape index (κ3) is 7.49. The largest absolute Gasteiger partial charge is 0.465 e. The number of aryl methyl sites for hydroxylation is 1. The van der Waals surface area contributed by atoms with Crippen molar-refractivity contribution in [2.45, 2.75) is 65.7 Å². The lowest BCUT2D eigenvalue weighted by molar-refractivity contribution is -0.132. The van der Waals surface area contributed by atoms with Gasteiger partial charge in [0.15, 0.2) is 0 Å². The molecule has 0 aliphatic carbocycles. The van der Waals surface area contributed by atoms with E-state index in [1.807, 2.05) is 26.0 Å². The van der Waals surface area contributed by atoms with E-state index in [0.29, 0.717) is 24.8 Å². The van der Waals surface area contributed by atoms with Crippen molar-refractivity contribution >= 4 is 17.5 Å². The quantitative estimate of drug-likeness (QED) is 0.291. The van der Waals surface area contributed by atoms with Crippen molar-refractivity contribution in [2.75, 3.05) is 7.11 Å². The monoisotopic (exact) mass is 372 g/mol. The molecule has 0 fully saturated rings. The van der Waals surface area contributed by atoms with Gasteiger partial charge >= 0.3 is 5.97 Å². The van der Waals surface area contributed by atoms with Crippen molar-refractivity contribution in [3.05, 3.63) is 47.0 Å². The van der Waals surface area contributed by atoms with E-state index < -0.39 is 5.92 Å². The summed E-state index contributed by atoms with van der Waals surface area (Å²) in [6.45, 7) is 5.75. The van der Waals surface area contributed by atoms with Crippen LogP contribution in [0.25, 0.3) is 0 Å². The Bertz CT molecular complexity index is 639. The van der Waals surface area contributed by atoms with E-state index in [9.17, 15) is 14.4 Å². The number of carbonyl (C=O) groups is 3. The van der Waals surface area contributed by atoms with E-state index in [0.717, 1.165) is 31.2 Å². The minimum absolute atomic E-state index is 0.0583. The van der Waals surface area contributed by atoms with Crippen LogP contribution in [0.1, 0.15) is 75.2 Å². The van der Waals surface area contributed by atoms with Gasteiger partial charge in [0.1, 0.15) is 11.6 Å². The minimum Gasteiger partial charge on any atom is -0.465 e. The van der Waals surface area contributed by atoms with Gasteiger partial charge in [-0.3, -0.25) is 9.59 Å². The Morgan fingerprint density at radius 2 is 1.56 bits per heavy atom. The minimum atomic E-state index is -0.444. The molecule has 0 saturated heterocycles. The second kappa shape index (κ2) is 12.2. The van der Waals surface area contributed by atoms with Gasteiger partial charge in [-0.15, -0.1) is 0 Å². The lowest BCUT2D eigenvalue weighted by Gasteiger charge is -2.14. The first kappa shape index (κ1) is 22.8. The summed E-state index contributed by atoms with van der Waals surface area (Å²) in [5.74, 6) is -0.653. The maximum absolute atomic E-state index is 12.0. The number of esters is 1. The summed E-state index contributed by atoms with van der Waals surface area (Å²) in [6, 6.07) is 7.45. The fraction of sp³-hybridized carbons (Fsp3) is 0.522. The molecule has 0 atom stereocenters. The Morgan fingerprint density at radius 1 is 0.963 bits per heavy atom. The Hall–Kier alpha value is -2.23. The second-order valence-electron chi connectivity index (χ2n) is 6.67. The van der Waals surface area contributed by atoms with Gasteiger partial charge < -0.3 is 4.74 Å². The molecule has 0 saturated carbocycles. The average Bonchev–Trinajstić information content (AvgIpc) is 2.71. The lowest BCUT2D eigenvalue weighted by Crippen LogP contribution is -2.23. The highest BCUT2D eigenvalue weighted by molar-refractivity contribution is 6.02. The van der Waals surface area contributed by atoms with Crippen molar-refractivity contribution in [3.63, 3.8) is 0 Å². The zero-order valence-electron chi connectivity index (χ0n) is 17.0. The number of carbonyl (C=O) groups excluding carboxylic acids is 3. The molecule has 1 rings (SSSR count). The number of allylic oxidation sites excluding steroid dienone is 2. The van der Waals surface area contributed by atoms with Gasteiger partial charge in [0.05, 0.1) is 18.6 Å². The number of hydrogen-bond acceptors (Lipinski definition) is 4. The summed E-state index contributed by atoms with van der Waals surface area (Å²) in [5.41, 5.74) is 3.01. The van der Waals surface area contributed by atoms with Crippen LogP contribution in [0.15, 0.2) is 35.9 Å². The predicted octanol–water partition coefficient (Wildman–Crippen LogP) is 5.10.